The van der Waals surface area contributed by atoms with Gasteiger partial charge in [0.15, 0.2) is 6.61 Å². The van der Waals surface area contributed by atoms with Gasteiger partial charge in [0.1, 0.15) is 10.8 Å². The number of nitriles is 1. The number of carbonyl (C=O) groups is 1. The second-order valence-electron chi connectivity index (χ2n) is 5.25. The molecule has 0 bridgehead atoms. The first-order chi connectivity index (χ1) is 11.7. The summed E-state index contributed by atoms with van der Waals surface area (Å²) in [7, 11) is 1.73. The van der Waals surface area contributed by atoms with Crippen LogP contribution in [0.4, 0.5) is 0 Å². The molecular weight excluding hydrogens is 322 g/mol. The van der Waals surface area contributed by atoms with Crippen molar-refractivity contribution in [2.75, 3.05) is 13.7 Å². The summed E-state index contributed by atoms with van der Waals surface area (Å²) in [5, 5.41) is 9.65. The highest BCUT2D eigenvalue weighted by atomic mass is 32.1. The van der Waals surface area contributed by atoms with E-state index in [9.17, 15) is 4.79 Å². The lowest BCUT2D eigenvalue weighted by molar-refractivity contribution is -0.132. The Balaban J connectivity index is 1.56. The molecule has 1 aromatic heterocycles. The summed E-state index contributed by atoms with van der Waals surface area (Å²) >= 11 is 1.59. The van der Waals surface area contributed by atoms with Gasteiger partial charge in [0, 0.05) is 7.05 Å². The minimum absolute atomic E-state index is 0.0483. The van der Waals surface area contributed by atoms with E-state index in [0.717, 1.165) is 15.2 Å². The highest BCUT2D eigenvalue weighted by Crippen LogP contribution is 2.22. The second kappa shape index (κ2) is 7.11. The number of hydrogen-bond donors (Lipinski definition) is 0. The molecule has 24 heavy (non-hydrogen) atoms. The Kier molecular flexibility index (Phi) is 4.73. The van der Waals surface area contributed by atoms with Crippen molar-refractivity contribution < 1.29 is 9.53 Å². The Bertz CT molecular complexity index is 864. The first-order valence-corrected chi connectivity index (χ1v) is 8.19. The van der Waals surface area contributed by atoms with Crippen LogP contribution in [-0.4, -0.2) is 29.4 Å². The highest BCUT2D eigenvalue weighted by Gasteiger charge is 2.13. The van der Waals surface area contributed by atoms with E-state index in [-0.39, 0.29) is 12.5 Å². The number of benzene rings is 2. The number of ether oxygens (including phenoxy) is 1. The van der Waals surface area contributed by atoms with E-state index in [1.54, 1.807) is 47.5 Å². The van der Waals surface area contributed by atoms with Crippen LogP contribution in [0.5, 0.6) is 5.75 Å². The number of carbonyl (C=O) groups excluding carboxylic acids is 1. The van der Waals surface area contributed by atoms with Crippen molar-refractivity contribution in [1.82, 2.24) is 9.88 Å². The molecule has 0 aliphatic rings. The number of thiazole rings is 1. The molecular formula is C18H15N3O2S. The summed E-state index contributed by atoms with van der Waals surface area (Å²) in [5.41, 5.74) is 1.51. The standard InChI is InChI=1S/C18H15N3O2S/c1-21(11-17-20-15-4-2-3-5-16(15)24-17)18(22)12-23-14-8-6-13(10-19)7-9-14/h2-9H,11-12H2,1H3. The van der Waals surface area contributed by atoms with Gasteiger partial charge in [0.2, 0.25) is 0 Å². The smallest absolute Gasteiger partial charge is 0.260 e. The predicted octanol–water partition coefficient (Wildman–Crippen LogP) is 3.21. The second-order valence-corrected chi connectivity index (χ2v) is 6.37. The van der Waals surface area contributed by atoms with Crippen molar-refractivity contribution in [3.05, 3.63) is 59.1 Å². The lowest BCUT2D eigenvalue weighted by Crippen LogP contribution is -2.30. The molecule has 120 valence electrons. The van der Waals surface area contributed by atoms with E-state index in [1.165, 1.54) is 0 Å². The van der Waals surface area contributed by atoms with E-state index in [4.69, 9.17) is 10.00 Å². The van der Waals surface area contributed by atoms with Gasteiger partial charge in [0.25, 0.3) is 5.91 Å². The largest absolute Gasteiger partial charge is 0.484 e. The number of rotatable bonds is 5. The van der Waals surface area contributed by atoms with Crippen LogP contribution < -0.4 is 4.74 Å². The first kappa shape index (κ1) is 16.0. The molecule has 0 fully saturated rings. The molecule has 1 amide bonds. The Hall–Kier alpha value is -2.91. The molecule has 3 rings (SSSR count). The average molecular weight is 337 g/mol. The van der Waals surface area contributed by atoms with E-state index in [1.807, 2.05) is 30.3 Å². The third-order valence-corrected chi connectivity index (χ3v) is 4.50. The summed E-state index contributed by atoms with van der Waals surface area (Å²) in [6.07, 6.45) is 0. The molecule has 0 aliphatic carbocycles. The van der Waals surface area contributed by atoms with Crippen LogP contribution >= 0.6 is 11.3 Å². The van der Waals surface area contributed by atoms with E-state index < -0.39 is 0 Å². The zero-order valence-corrected chi connectivity index (χ0v) is 13.9. The molecule has 6 heteroatoms. The fourth-order valence-corrected chi connectivity index (χ4v) is 3.18. The van der Waals surface area contributed by atoms with Gasteiger partial charge in [-0.2, -0.15) is 5.26 Å². The lowest BCUT2D eigenvalue weighted by atomic mass is 10.2. The monoisotopic (exact) mass is 337 g/mol. The third kappa shape index (κ3) is 3.70. The fourth-order valence-electron chi connectivity index (χ4n) is 2.16. The van der Waals surface area contributed by atoms with Crippen LogP contribution in [0.2, 0.25) is 0 Å². The maximum absolute atomic E-state index is 12.2. The van der Waals surface area contributed by atoms with Crippen molar-refractivity contribution in [3.63, 3.8) is 0 Å². The van der Waals surface area contributed by atoms with Crippen molar-refractivity contribution in [3.8, 4) is 11.8 Å². The molecule has 0 unspecified atom stereocenters. The number of hydrogen-bond acceptors (Lipinski definition) is 5. The van der Waals surface area contributed by atoms with Gasteiger partial charge in [0.05, 0.1) is 28.4 Å². The van der Waals surface area contributed by atoms with Crippen molar-refractivity contribution in [2.45, 2.75) is 6.54 Å². The molecule has 0 saturated carbocycles. The van der Waals surface area contributed by atoms with Crippen molar-refractivity contribution in [1.29, 1.82) is 5.26 Å². The molecule has 0 aliphatic heterocycles. The van der Waals surface area contributed by atoms with Crippen molar-refractivity contribution in [2.24, 2.45) is 0 Å². The van der Waals surface area contributed by atoms with Crippen LogP contribution in [0.25, 0.3) is 10.2 Å². The number of amides is 1. The minimum Gasteiger partial charge on any atom is -0.484 e. The zero-order chi connectivity index (χ0) is 16.9. The number of aromatic nitrogens is 1. The van der Waals surface area contributed by atoms with Gasteiger partial charge < -0.3 is 9.64 Å². The molecule has 3 aromatic rings. The Labute approximate surface area is 143 Å². The van der Waals surface area contributed by atoms with Crippen LogP contribution in [0.3, 0.4) is 0 Å². The minimum atomic E-state index is -0.126. The summed E-state index contributed by atoms with van der Waals surface area (Å²) in [6, 6.07) is 16.6. The molecule has 0 radical (unpaired) electrons. The van der Waals surface area contributed by atoms with Gasteiger partial charge in [-0.05, 0) is 36.4 Å². The van der Waals surface area contributed by atoms with E-state index in [2.05, 4.69) is 4.98 Å². The van der Waals surface area contributed by atoms with E-state index in [0.29, 0.717) is 17.9 Å². The molecule has 5 nitrogen and oxygen atoms in total. The Morgan fingerprint density at radius 1 is 1.25 bits per heavy atom. The molecule has 2 aromatic carbocycles. The van der Waals surface area contributed by atoms with Crippen LogP contribution in [-0.2, 0) is 11.3 Å². The van der Waals surface area contributed by atoms with Gasteiger partial charge in [-0.25, -0.2) is 4.98 Å². The molecule has 0 spiro atoms. The fraction of sp³-hybridized carbons (Fsp3) is 0.167. The topological polar surface area (TPSA) is 66.2 Å². The maximum atomic E-state index is 12.2. The number of fused-ring (bicyclic) bond motifs is 1. The number of nitrogens with zero attached hydrogens (tertiary/aromatic N) is 3. The maximum Gasteiger partial charge on any atom is 0.260 e. The summed E-state index contributed by atoms with van der Waals surface area (Å²) in [6.45, 7) is 0.405. The first-order valence-electron chi connectivity index (χ1n) is 7.37. The highest BCUT2D eigenvalue weighted by molar-refractivity contribution is 7.18. The molecule has 0 atom stereocenters. The number of para-hydroxylation sites is 1. The summed E-state index contributed by atoms with van der Waals surface area (Å²) in [5.74, 6) is 0.439. The van der Waals surface area contributed by atoms with Gasteiger partial charge in [-0.3, -0.25) is 4.79 Å². The predicted molar refractivity (Wildman–Crippen MR) is 92.7 cm³/mol. The van der Waals surface area contributed by atoms with Crippen LogP contribution in [0, 0.1) is 11.3 Å². The Morgan fingerprint density at radius 2 is 2.00 bits per heavy atom. The Morgan fingerprint density at radius 3 is 2.71 bits per heavy atom. The molecule has 0 N–H and O–H groups in total. The lowest BCUT2D eigenvalue weighted by Gasteiger charge is -2.16. The quantitative estimate of drug-likeness (QED) is 0.717. The van der Waals surface area contributed by atoms with Gasteiger partial charge in [-0.1, -0.05) is 12.1 Å². The SMILES string of the molecule is CN(Cc1nc2ccccc2s1)C(=O)COc1ccc(C#N)cc1. The summed E-state index contributed by atoms with van der Waals surface area (Å²) in [4.78, 5) is 18.3. The van der Waals surface area contributed by atoms with Gasteiger partial charge in [-0.15, -0.1) is 11.3 Å². The zero-order valence-electron chi connectivity index (χ0n) is 13.1. The van der Waals surface area contributed by atoms with E-state index >= 15 is 0 Å². The average Bonchev–Trinajstić information content (AvgIpc) is 3.02. The molecule has 0 saturated heterocycles. The van der Waals surface area contributed by atoms with Gasteiger partial charge >= 0.3 is 0 Å². The molecule has 1 heterocycles. The normalized spacial score (nSPS) is 10.3. The van der Waals surface area contributed by atoms with Crippen molar-refractivity contribution >= 4 is 27.5 Å². The van der Waals surface area contributed by atoms with Crippen LogP contribution in [0.1, 0.15) is 10.6 Å². The third-order valence-electron chi connectivity index (χ3n) is 3.48. The summed E-state index contributed by atoms with van der Waals surface area (Å²) < 4.78 is 6.58. The van der Waals surface area contributed by atoms with Crippen LogP contribution in [0.15, 0.2) is 48.5 Å². The number of likely N-dealkylation sites (N-methyl/N-ethyl adjacent to an activating group) is 1.